The minimum atomic E-state index is -0.0530. The number of anilines is 1. The van der Waals surface area contributed by atoms with Gasteiger partial charge in [0.15, 0.2) is 0 Å². The van der Waals surface area contributed by atoms with E-state index in [1.807, 2.05) is 24.3 Å². The van der Waals surface area contributed by atoms with Gasteiger partial charge in [0.25, 0.3) is 0 Å². The summed E-state index contributed by atoms with van der Waals surface area (Å²) >= 11 is 0. The monoisotopic (exact) mass is 273 g/mol. The topological polar surface area (TPSA) is 77.0 Å². The molecule has 2 rings (SSSR count). The highest BCUT2D eigenvalue weighted by molar-refractivity contribution is 5.92. The van der Waals surface area contributed by atoms with Gasteiger partial charge in [-0.2, -0.15) is 0 Å². The number of carbonyl (C=O) groups excluding carboxylic acids is 1. The second kappa shape index (κ2) is 6.29. The van der Waals surface area contributed by atoms with Gasteiger partial charge in [-0.3, -0.25) is 4.79 Å². The molecular formula is C14H19N5O. The normalized spacial score (nSPS) is 10.6. The van der Waals surface area contributed by atoms with E-state index in [0.717, 1.165) is 12.1 Å². The Balaban J connectivity index is 2.03. The fraction of sp³-hybridized carbons (Fsp3) is 0.357. The van der Waals surface area contributed by atoms with Crippen molar-refractivity contribution in [3.63, 3.8) is 0 Å². The molecule has 0 saturated heterocycles. The van der Waals surface area contributed by atoms with Gasteiger partial charge in [-0.15, -0.1) is 5.10 Å². The molecule has 0 fully saturated rings. The summed E-state index contributed by atoms with van der Waals surface area (Å²) in [4.78, 5) is 13.8. The van der Waals surface area contributed by atoms with Crippen molar-refractivity contribution in [3.05, 3.63) is 41.7 Å². The molecule has 0 spiro atoms. The Bertz CT molecular complexity index is 576. The van der Waals surface area contributed by atoms with Crippen molar-refractivity contribution in [2.45, 2.75) is 26.4 Å². The number of carbonyl (C=O) groups is 1. The number of nitrogens with two attached hydrogens (primary N) is 1. The molecular weight excluding hydrogens is 254 g/mol. The van der Waals surface area contributed by atoms with Gasteiger partial charge in [-0.1, -0.05) is 24.3 Å². The van der Waals surface area contributed by atoms with Gasteiger partial charge in [-0.05, 0) is 24.1 Å². The van der Waals surface area contributed by atoms with Crippen molar-refractivity contribution >= 4 is 11.6 Å². The maximum atomic E-state index is 12.2. The number of benzene rings is 1. The third kappa shape index (κ3) is 3.21. The van der Waals surface area contributed by atoms with E-state index in [2.05, 4.69) is 17.2 Å². The van der Waals surface area contributed by atoms with Crippen molar-refractivity contribution in [2.75, 3.05) is 11.9 Å². The van der Waals surface area contributed by atoms with E-state index in [-0.39, 0.29) is 12.5 Å². The number of nitrogens with zero attached hydrogens (tertiary/aromatic N) is 4. The van der Waals surface area contributed by atoms with E-state index in [1.54, 1.807) is 18.1 Å². The fourth-order valence-corrected chi connectivity index (χ4v) is 1.85. The molecule has 0 aliphatic rings. The Labute approximate surface area is 118 Å². The first-order valence-corrected chi connectivity index (χ1v) is 6.58. The zero-order valence-corrected chi connectivity index (χ0v) is 11.8. The van der Waals surface area contributed by atoms with Gasteiger partial charge in [0, 0.05) is 19.3 Å². The third-order valence-electron chi connectivity index (χ3n) is 3.20. The lowest BCUT2D eigenvalue weighted by atomic mass is 10.1. The highest BCUT2D eigenvalue weighted by atomic mass is 16.2. The molecule has 0 unspecified atom stereocenters. The van der Waals surface area contributed by atoms with E-state index in [1.165, 1.54) is 10.2 Å². The molecule has 1 aromatic heterocycles. The first-order chi connectivity index (χ1) is 9.63. The molecule has 0 bridgehead atoms. The van der Waals surface area contributed by atoms with Crippen LogP contribution in [0.3, 0.4) is 0 Å². The van der Waals surface area contributed by atoms with Gasteiger partial charge in [0.05, 0.1) is 11.9 Å². The van der Waals surface area contributed by atoms with Crippen molar-refractivity contribution in [1.82, 2.24) is 15.0 Å². The van der Waals surface area contributed by atoms with Crippen LogP contribution in [-0.4, -0.2) is 27.9 Å². The average Bonchev–Trinajstić information content (AvgIpc) is 2.94. The van der Waals surface area contributed by atoms with Gasteiger partial charge in [0.1, 0.15) is 6.54 Å². The molecule has 0 aliphatic carbocycles. The summed E-state index contributed by atoms with van der Waals surface area (Å²) < 4.78 is 1.50. The molecule has 1 aromatic carbocycles. The van der Waals surface area contributed by atoms with Crippen molar-refractivity contribution < 1.29 is 4.79 Å². The molecule has 0 saturated carbocycles. The number of amides is 1. The number of aryl methyl sites for hydroxylation is 1. The summed E-state index contributed by atoms with van der Waals surface area (Å²) in [6.45, 7) is 2.57. The fourth-order valence-electron chi connectivity index (χ4n) is 1.85. The smallest absolute Gasteiger partial charge is 0.248 e. The van der Waals surface area contributed by atoms with Crippen LogP contribution in [0.25, 0.3) is 0 Å². The van der Waals surface area contributed by atoms with Crippen LogP contribution in [0.5, 0.6) is 0 Å². The van der Waals surface area contributed by atoms with Crippen molar-refractivity contribution in [2.24, 2.45) is 5.73 Å². The number of likely N-dealkylation sites (N-methyl/N-ethyl adjacent to an activating group) is 1. The van der Waals surface area contributed by atoms with Gasteiger partial charge < -0.3 is 10.6 Å². The molecule has 0 aliphatic heterocycles. The summed E-state index contributed by atoms with van der Waals surface area (Å²) in [6, 6.07) is 7.95. The van der Waals surface area contributed by atoms with E-state index in [0.29, 0.717) is 12.2 Å². The zero-order valence-electron chi connectivity index (χ0n) is 11.8. The van der Waals surface area contributed by atoms with Crippen molar-refractivity contribution in [3.8, 4) is 0 Å². The first-order valence-electron chi connectivity index (χ1n) is 6.58. The summed E-state index contributed by atoms with van der Waals surface area (Å²) in [5.41, 5.74) is 8.25. The average molecular weight is 273 g/mol. The van der Waals surface area contributed by atoms with Crippen LogP contribution >= 0.6 is 0 Å². The maximum absolute atomic E-state index is 12.2. The quantitative estimate of drug-likeness (QED) is 0.880. The highest BCUT2D eigenvalue weighted by Crippen LogP contribution is 2.14. The minimum Gasteiger partial charge on any atom is -0.325 e. The Hall–Kier alpha value is -2.21. The molecule has 106 valence electrons. The molecule has 6 nitrogen and oxygen atoms in total. The summed E-state index contributed by atoms with van der Waals surface area (Å²) in [5, 5.41) is 7.73. The summed E-state index contributed by atoms with van der Waals surface area (Å²) in [6.07, 6.45) is 2.67. The minimum absolute atomic E-state index is 0.0530. The van der Waals surface area contributed by atoms with Gasteiger partial charge in [0.2, 0.25) is 5.91 Å². The van der Waals surface area contributed by atoms with Crippen LogP contribution in [0, 0.1) is 0 Å². The van der Waals surface area contributed by atoms with E-state index >= 15 is 0 Å². The lowest BCUT2D eigenvalue weighted by Gasteiger charge is -2.17. The molecule has 0 radical (unpaired) electrons. The first kappa shape index (κ1) is 14.2. The van der Waals surface area contributed by atoms with Crippen molar-refractivity contribution in [1.29, 1.82) is 0 Å². The Morgan fingerprint density at radius 1 is 1.35 bits per heavy atom. The Morgan fingerprint density at radius 3 is 2.60 bits per heavy atom. The summed E-state index contributed by atoms with van der Waals surface area (Å²) in [5.74, 6) is -0.0530. The predicted molar refractivity (Wildman–Crippen MR) is 77.1 cm³/mol. The lowest BCUT2D eigenvalue weighted by Crippen LogP contribution is -2.30. The van der Waals surface area contributed by atoms with E-state index in [4.69, 9.17) is 5.73 Å². The molecule has 1 heterocycles. The Kier molecular flexibility index (Phi) is 4.47. The molecule has 6 heteroatoms. The second-order valence-electron chi connectivity index (χ2n) is 4.58. The number of rotatable bonds is 5. The van der Waals surface area contributed by atoms with Gasteiger partial charge in [-0.25, -0.2) is 4.68 Å². The third-order valence-corrected chi connectivity index (χ3v) is 3.20. The molecule has 2 N–H and O–H groups in total. The standard InChI is InChI=1S/C14H19N5O/c1-3-11-4-6-13(7-5-11)18(2)14(20)10-19-9-12(8-15)16-17-19/h4-7,9H,3,8,10,15H2,1-2H3. The van der Waals surface area contributed by atoms with Crippen LogP contribution in [0.15, 0.2) is 30.5 Å². The second-order valence-corrected chi connectivity index (χ2v) is 4.58. The van der Waals surface area contributed by atoms with Gasteiger partial charge >= 0.3 is 0 Å². The van der Waals surface area contributed by atoms with E-state index < -0.39 is 0 Å². The highest BCUT2D eigenvalue weighted by Gasteiger charge is 2.12. The molecule has 20 heavy (non-hydrogen) atoms. The number of aromatic nitrogens is 3. The number of hydrogen-bond acceptors (Lipinski definition) is 4. The van der Waals surface area contributed by atoms with Crippen LogP contribution in [0.1, 0.15) is 18.2 Å². The maximum Gasteiger partial charge on any atom is 0.248 e. The van der Waals surface area contributed by atoms with Crippen LogP contribution in [0.4, 0.5) is 5.69 Å². The lowest BCUT2D eigenvalue weighted by molar-refractivity contribution is -0.119. The van der Waals surface area contributed by atoms with Crippen LogP contribution < -0.4 is 10.6 Å². The largest absolute Gasteiger partial charge is 0.325 e. The molecule has 2 aromatic rings. The summed E-state index contributed by atoms with van der Waals surface area (Å²) in [7, 11) is 1.75. The molecule has 1 amide bonds. The molecule has 0 atom stereocenters. The zero-order chi connectivity index (χ0) is 14.5. The van der Waals surface area contributed by atoms with Crippen LogP contribution in [-0.2, 0) is 24.3 Å². The SMILES string of the molecule is CCc1ccc(N(C)C(=O)Cn2cc(CN)nn2)cc1. The Morgan fingerprint density at radius 2 is 2.05 bits per heavy atom. The number of hydrogen-bond donors (Lipinski definition) is 1. The van der Waals surface area contributed by atoms with E-state index in [9.17, 15) is 4.79 Å². The predicted octanol–water partition coefficient (Wildman–Crippen LogP) is 0.962. The van der Waals surface area contributed by atoms with Crippen LogP contribution in [0.2, 0.25) is 0 Å².